The van der Waals surface area contributed by atoms with Gasteiger partial charge in [0, 0.05) is 0 Å². The standard InChI is InChI=1S/C15H21NO2/c1-18-15(17)14(16-10-6-3-7-11-16)12-13-8-4-2-5-9-13/h2,4-5,8-9,14H,3,6-7,10-12H2,1H3/t14-/m1/s1. The third-order valence-electron chi connectivity index (χ3n) is 3.58. The number of hydrogen-bond donors (Lipinski definition) is 0. The molecule has 0 radical (unpaired) electrons. The van der Waals surface area contributed by atoms with Crippen molar-refractivity contribution < 1.29 is 9.53 Å². The van der Waals surface area contributed by atoms with Gasteiger partial charge in [-0.3, -0.25) is 9.69 Å². The molecule has 0 N–H and O–H groups in total. The van der Waals surface area contributed by atoms with E-state index in [1.807, 2.05) is 18.2 Å². The zero-order valence-electron chi connectivity index (χ0n) is 11.0. The van der Waals surface area contributed by atoms with Crippen molar-refractivity contribution >= 4 is 5.97 Å². The van der Waals surface area contributed by atoms with Crippen molar-refractivity contribution in [1.29, 1.82) is 0 Å². The number of ether oxygens (including phenoxy) is 1. The average molecular weight is 247 g/mol. The van der Waals surface area contributed by atoms with Crippen LogP contribution in [0.5, 0.6) is 0 Å². The summed E-state index contributed by atoms with van der Waals surface area (Å²) in [5.41, 5.74) is 1.19. The highest BCUT2D eigenvalue weighted by Crippen LogP contribution is 2.16. The molecular formula is C15H21NO2. The van der Waals surface area contributed by atoms with Crippen LogP contribution in [0.15, 0.2) is 30.3 Å². The van der Waals surface area contributed by atoms with Gasteiger partial charge in [0.05, 0.1) is 7.11 Å². The molecule has 0 saturated carbocycles. The number of carbonyl (C=O) groups excluding carboxylic acids is 1. The zero-order chi connectivity index (χ0) is 12.8. The smallest absolute Gasteiger partial charge is 0.323 e. The van der Waals surface area contributed by atoms with Crippen LogP contribution in [0.25, 0.3) is 0 Å². The molecule has 1 aromatic carbocycles. The molecule has 98 valence electrons. The molecule has 1 aromatic rings. The Morgan fingerprint density at radius 2 is 1.89 bits per heavy atom. The summed E-state index contributed by atoms with van der Waals surface area (Å²) in [6.45, 7) is 2.01. The second-order valence-electron chi connectivity index (χ2n) is 4.83. The Morgan fingerprint density at radius 1 is 1.22 bits per heavy atom. The molecule has 1 heterocycles. The lowest BCUT2D eigenvalue weighted by Crippen LogP contribution is -2.45. The highest BCUT2D eigenvalue weighted by molar-refractivity contribution is 5.76. The lowest BCUT2D eigenvalue weighted by molar-refractivity contribution is -0.147. The summed E-state index contributed by atoms with van der Waals surface area (Å²) in [5, 5.41) is 0. The van der Waals surface area contributed by atoms with E-state index in [1.165, 1.54) is 31.9 Å². The van der Waals surface area contributed by atoms with Crippen LogP contribution < -0.4 is 0 Å². The highest BCUT2D eigenvalue weighted by atomic mass is 16.5. The molecule has 3 heteroatoms. The number of methoxy groups -OCH3 is 1. The van der Waals surface area contributed by atoms with E-state index in [-0.39, 0.29) is 12.0 Å². The molecule has 0 aromatic heterocycles. The van der Waals surface area contributed by atoms with Crippen molar-refractivity contribution in [3.8, 4) is 0 Å². The summed E-state index contributed by atoms with van der Waals surface area (Å²) in [7, 11) is 1.48. The predicted molar refractivity (Wildman–Crippen MR) is 71.4 cm³/mol. The van der Waals surface area contributed by atoms with Gasteiger partial charge in [-0.15, -0.1) is 0 Å². The largest absolute Gasteiger partial charge is 0.468 e. The molecule has 1 aliphatic heterocycles. The number of likely N-dealkylation sites (tertiary alicyclic amines) is 1. The van der Waals surface area contributed by atoms with Gasteiger partial charge in [-0.1, -0.05) is 36.8 Å². The van der Waals surface area contributed by atoms with E-state index in [2.05, 4.69) is 17.0 Å². The van der Waals surface area contributed by atoms with E-state index in [0.717, 1.165) is 19.5 Å². The number of rotatable bonds is 4. The van der Waals surface area contributed by atoms with Crippen LogP contribution in [0, 0.1) is 0 Å². The van der Waals surface area contributed by atoms with Gasteiger partial charge in [0.15, 0.2) is 0 Å². The van der Waals surface area contributed by atoms with Crippen molar-refractivity contribution in [2.75, 3.05) is 20.2 Å². The molecule has 18 heavy (non-hydrogen) atoms. The molecule has 1 saturated heterocycles. The normalized spacial score (nSPS) is 18.3. The molecule has 0 bridgehead atoms. The fourth-order valence-electron chi connectivity index (χ4n) is 2.56. The van der Waals surface area contributed by atoms with Crippen LogP contribution in [-0.2, 0) is 16.0 Å². The molecule has 0 unspecified atom stereocenters. The van der Waals surface area contributed by atoms with Gasteiger partial charge in [0.2, 0.25) is 0 Å². The van der Waals surface area contributed by atoms with E-state index in [9.17, 15) is 4.79 Å². The van der Waals surface area contributed by atoms with Crippen LogP contribution in [0.4, 0.5) is 0 Å². The second kappa shape index (κ2) is 6.55. The van der Waals surface area contributed by atoms with Crippen molar-refractivity contribution in [3.63, 3.8) is 0 Å². The third kappa shape index (κ3) is 3.33. The number of nitrogens with zero attached hydrogens (tertiary/aromatic N) is 1. The zero-order valence-corrected chi connectivity index (χ0v) is 11.0. The minimum Gasteiger partial charge on any atom is -0.468 e. The van der Waals surface area contributed by atoms with Gasteiger partial charge in [-0.25, -0.2) is 0 Å². The third-order valence-corrected chi connectivity index (χ3v) is 3.58. The minimum absolute atomic E-state index is 0.110. The van der Waals surface area contributed by atoms with Crippen LogP contribution in [-0.4, -0.2) is 37.1 Å². The maximum atomic E-state index is 12.0. The molecule has 0 amide bonds. The molecule has 1 atom stereocenters. The first-order chi connectivity index (χ1) is 8.81. The topological polar surface area (TPSA) is 29.5 Å². The van der Waals surface area contributed by atoms with E-state index in [0.29, 0.717) is 0 Å². The Morgan fingerprint density at radius 3 is 2.50 bits per heavy atom. The average Bonchev–Trinajstić information content (AvgIpc) is 2.46. The van der Waals surface area contributed by atoms with E-state index in [4.69, 9.17) is 4.74 Å². The Hall–Kier alpha value is -1.35. The maximum Gasteiger partial charge on any atom is 0.323 e. The fraction of sp³-hybridized carbons (Fsp3) is 0.533. The number of benzene rings is 1. The van der Waals surface area contributed by atoms with Gasteiger partial charge in [0.1, 0.15) is 6.04 Å². The molecule has 2 rings (SSSR count). The van der Waals surface area contributed by atoms with E-state index < -0.39 is 0 Å². The number of esters is 1. The quantitative estimate of drug-likeness (QED) is 0.764. The molecule has 3 nitrogen and oxygen atoms in total. The van der Waals surface area contributed by atoms with E-state index in [1.54, 1.807) is 0 Å². The van der Waals surface area contributed by atoms with Gasteiger partial charge < -0.3 is 4.74 Å². The summed E-state index contributed by atoms with van der Waals surface area (Å²) >= 11 is 0. The Balaban J connectivity index is 2.07. The summed E-state index contributed by atoms with van der Waals surface area (Å²) in [5.74, 6) is -0.110. The first kappa shape index (κ1) is 13.1. The Kier molecular flexibility index (Phi) is 4.76. The lowest BCUT2D eigenvalue weighted by atomic mass is 10.0. The van der Waals surface area contributed by atoms with Crippen molar-refractivity contribution in [1.82, 2.24) is 4.90 Å². The second-order valence-corrected chi connectivity index (χ2v) is 4.83. The van der Waals surface area contributed by atoms with Crippen LogP contribution >= 0.6 is 0 Å². The predicted octanol–water partition coefficient (Wildman–Crippen LogP) is 2.26. The summed E-state index contributed by atoms with van der Waals surface area (Å²) in [6.07, 6.45) is 4.38. The van der Waals surface area contributed by atoms with Crippen LogP contribution in [0.1, 0.15) is 24.8 Å². The SMILES string of the molecule is COC(=O)[C@@H](Cc1ccccc1)N1CCCCC1. The summed E-state index contributed by atoms with van der Waals surface area (Å²) in [6, 6.07) is 10.0. The summed E-state index contributed by atoms with van der Waals surface area (Å²) < 4.78 is 4.96. The fourth-order valence-corrected chi connectivity index (χ4v) is 2.56. The number of carbonyl (C=O) groups is 1. The molecule has 0 spiro atoms. The lowest BCUT2D eigenvalue weighted by Gasteiger charge is -2.32. The van der Waals surface area contributed by atoms with Crippen molar-refractivity contribution in [2.45, 2.75) is 31.7 Å². The van der Waals surface area contributed by atoms with Gasteiger partial charge in [-0.05, 0) is 37.9 Å². The molecule has 1 aliphatic rings. The first-order valence-electron chi connectivity index (χ1n) is 6.67. The van der Waals surface area contributed by atoms with Crippen LogP contribution in [0.3, 0.4) is 0 Å². The Bertz CT molecular complexity index is 371. The summed E-state index contributed by atoms with van der Waals surface area (Å²) in [4.78, 5) is 14.2. The maximum absolute atomic E-state index is 12.0. The monoisotopic (exact) mass is 247 g/mol. The number of hydrogen-bond acceptors (Lipinski definition) is 3. The molecular weight excluding hydrogens is 226 g/mol. The Labute approximate surface area is 109 Å². The highest BCUT2D eigenvalue weighted by Gasteiger charge is 2.27. The van der Waals surface area contributed by atoms with Gasteiger partial charge in [0.25, 0.3) is 0 Å². The van der Waals surface area contributed by atoms with Crippen LogP contribution in [0.2, 0.25) is 0 Å². The first-order valence-corrected chi connectivity index (χ1v) is 6.67. The van der Waals surface area contributed by atoms with E-state index >= 15 is 0 Å². The minimum atomic E-state index is -0.127. The van der Waals surface area contributed by atoms with Crippen molar-refractivity contribution in [3.05, 3.63) is 35.9 Å². The van der Waals surface area contributed by atoms with Crippen molar-refractivity contribution in [2.24, 2.45) is 0 Å². The molecule has 1 fully saturated rings. The van der Waals surface area contributed by atoms with Gasteiger partial charge in [-0.2, -0.15) is 0 Å². The number of piperidine rings is 1. The van der Waals surface area contributed by atoms with Gasteiger partial charge >= 0.3 is 5.97 Å². The molecule has 0 aliphatic carbocycles.